The lowest BCUT2D eigenvalue weighted by Crippen LogP contribution is -2.34. The van der Waals surface area contributed by atoms with Crippen LogP contribution in [-0.2, 0) is 9.84 Å². The molecule has 0 bridgehead atoms. The van der Waals surface area contributed by atoms with Crippen LogP contribution in [0, 0.1) is 0 Å². The molecule has 1 fully saturated rings. The molecule has 2 unspecified atom stereocenters. The molecular formula is C18H21N5O2S. The second-order valence-corrected chi connectivity index (χ2v) is 9.14. The molecule has 0 saturated heterocycles. The summed E-state index contributed by atoms with van der Waals surface area (Å²) in [6.07, 6.45) is 7.77. The van der Waals surface area contributed by atoms with Crippen molar-refractivity contribution in [3.63, 3.8) is 0 Å². The predicted molar refractivity (Wildman–Crippen MR) is 101 cm³/mol. The summed E-state index contributed by atoms with van der Waals surface area (Å²) in [5, 5.41) is 8.43. The van der Waals surface area contributed by atoms with Crippen molar-refractivity contribution in [2.75, 3.05) is 11.6 Å². The first-order valence-electron chi connectivity index (χ1n) is 8.72. The van der Waals surface area contributed by atoms with E-state index in [1.54, 1.807) is 10.9 Å². The molecule has 0 spiro atoms. The quantitative estimate of drug-likeness (QED) is 0.758. The van der Waals surface area contributed by atoms with Gasteiger partial charge in [-0.3, -0.25) is 0 Å². The van der Waals surface area contributed by atoms with Gasteiger partial charge in [0.15, 0.2) is 5.65 Å². The second-order valence-electron chi connectivity index (χ2n) is 6.81. The second kappa shape index (κ2) is 6.68. The third-order valence-corrected chi connectivity index (χ3v) is 6.58. The van der Waals surface area contributed by atoms with Crippen molar-refractivity contribution >= 4 is 26.7 Å². The van der Waals surface area contributed by atoms with E-state index in [-0.39, 0.29) is 11.3 Å². The molecule has 1 saturated carbocycles. The monoisotopic (exact) mass is 371 g/mol. The Morgan fingerprint density at radius 3 is 2.73 bits per heavy atom. The Morgan fingerprint density at radius 2 is 1.96 bits per heavy atom. The lowest BCUT2D eigenvalue weighted by molar-refractivity contribution is 0.452. The topological polar surface area (TPSA) is 89.8 Å². The average molecular weight is 371 g/mol. The van der Waals surface area contributed by atoms with Gasteiger partial charge in [0.05, 0.1) is 22.5 Å². The molecule has 2 aromatic heterocycles. The van der Waals surface area contributed by atoms with E-state index in [2.05, 4.69) is 20.4 Å². The van der Waals surface area contributed by atoms with Crippen molar-refractivity contribution in [3.8, 4) is 5.69 Å². The van der Waals surface area contributed by atoms with Crippen molar-refractivity contribution in [1.29, 1.82) is 0 Å². The normalized spacial score (nSPS) is 21.0. The largest absolute Gasteiger partial charge is 0.367 e. The number of nitrogens with one attached hydrogen (secondary N) is 1. The van der Waals surface area contributed by atoms with Crippen LogP contribution in [-0.4, -0.2) is 45.7 Å². The van der Waals surface area contributed by atoms with E-state index in [0.717, 1.165) is 36.0 Å². The highest BCUT2D eigenvalue weighted by Crippen LogP contribution is 2.28. The Balaban J connectivity index is 1.63. The third kappa shape index (κ3) is 3.29. The van der Waals surface area contributed by atoms with E-state index in [9.17, 15) is 8.42 Å². The van der Waals surface area contributed by atoms with Gasteiger partial charge in [-0.1, -0.05) is 24.6 Å². The number of para-hydroxylation sites is 1. The molecule has 7 nitrogen and oxygen atoms in total. The van der Waals surface area contributed by atoms with Gasteiger partial charge in [-0.15, -0.1) is 0 Å². The molecule has 1 N–H and O–H groups in total. The molecule has 0 aliphatic heterocycles. The van der Waals surface area contributed by atoms with Gasteiger partial charge in [0, 0.05) is 12.3 Å². The molecule has 0 radical (unpaired) electrons. The van der Waals surface area contributed by atoms with Crippen LogP contribution in [0.3, 0.4) is 0 Å². The van der Waals surface area contributed by atoms with Crippen molar-refractivity contribution in [3.05, 3.63) is 42.9 Å². The smallest absolute Gasteiger partial charge is 0.168 e. The standard InChI is InChI=1S/C18H21N5O2S/c1-26(24,25)15-9-5-6-13(10-15)22-17-16-11-21-23(18(16)20-12-19-17)14-7-3-2-4-8-14/h2-4,7-8,11-13,15H,5-6,9-10H2,1H3,(H,19,20,22). The Bertz CT molecular complexity index is 1020. The molecule has 3 aromatic rings. The van der Waals surface area contributed by atoms with Crippen LogP contribution >= 0.6 is 0 Å². The van der Waals surface area contributed by atoms with E-state index in [0.29, 0.717) is 12.2 Å². The molecule has 1 aliphatic carbocycles. The summed E-state index contributed by atoms with van der Waals surface area (Å²) in [4.78, 5) is 8.75. The number of rotatable bonds is 4. The molecular weight excluding hydrogens is 350 g/mol. The number of sulfone groups is 1. The number of anilines is 1. The Labute approximate surface area is 152 Å². The maximum Gasteiger partial charge on any atom is 0.168 e. The van der Waals surface area contributed by atoms with Gasteiger partial charge < -0.3 is 5.32 Å². The summed E-state index contributed by atoms with van der Waals surface area (Å²) >= 11 is 0. The zero-order chi connectivity index (χ0) is 18.1. The lowest BCUT2D eigenvalue weighted by Gasteiger charge is -2.29. The van der Waals surface area contributed by atoms with E-state index in [4.69, 9.17) is 0 Å². The van der Waals surface area contributed by atoms with Crippen LogP contribution in [0.5, 0.6) is 0 Å². The number of hydrogen-bond acceptors (Lipinski definition) is 6. The minimum absolute atomic E-state index is 0.0849. The molecule has 136 valence electrons. The van der Waals surface area contributed by atoms with Gasteiger partial charge >= 0.3 is 0 Å². The highest BCUT2D eigenvalue weighted by atomic mass is 32.2. The van der Waals surface area contributed by atoms with Gasteiger partial charge in [0.25, 0.3) is 0 Å². The predicted octanol–water partition coefficient (Wildman–Crippen LogP) is 2.58. The molecule has 0 amide bonds. The molecule has 8 heteroatoms. The minimum atomic E-state index is -3.01. The molecule has 4 rings (SSSR count). The maximum absolute atomic E-state index is 11.9. The summed E-state index contributed by atoms with van der Waals surface area (Å²) in [6, 6.07) is 9.89. The van der Waals surface area contributed by atoms with Crippen LogP contribution in [0.1, 0.15) is 25.7 Å². The van der Waals surface area contributed by atoms with Crippen molar-refractivity contribution in [2.45, 2.75) is 37.0 Å². The van der Waals surface area contributed by atoms with E-state index in [1.165, 1.54) is 12.6 Å². The number of fused-ring (bicyclic) bond motifs is 1. The summed E-state index contributed by atoms with van der Waals surface area (Å²) in [5.41, 5.74) is 1.66. The van der Waals surface area contributed by atoms with Crippen molar-refractivity contribution in [2.24, 2.45) is 0 Å². The van der Waals surface area contributed by atoms with Gasteiger partial charge in [0.2, 0.25) is 0 Å². The van der Waals surface area contributed by atoms with Gasteiger partial charge in [-0.2, -0.15) is 5.10 Å². The van der Waals surface area contributed by atoms with Gasteiger partial charge in [-0.25, -0.2) is 23.1 Å². The Kier molecular flexibility index (Phi) is 4.36. The summed E-state index contributed by atoms with van der Waals surface area (Å²) < 4.78 is 25.6. The third-order valence-electron chi connectivity index (χ3n) is 4.94. The van der Waals surface area contributed by atoms with Crippen molar-refractivity contribution in [1.82, 2.24) is 19.7 Å². The first-order chi connectivity index (χ1) is 12.5. The van der Waals surface area contributed by atoms with Crippen molar-refractivity contribution < 1.29 is 8.42 Å². The number of benzene rings is 1. The van der Waals surface area contributed by atoms with E-state index < -0.39 is 9.84 Å². The Hall–Kier alpha value is -2.48. The number of hydrogen-bond donors (Lipinski definition) is 1. The minimum Gasteiger partial charge on any atom is -0.367 e. The summed E-state index contributed by atoms with van der Waals surface area (Å²) in [6.45, 7) is 0. The Morgan fingerprint density at radius 1 is 1.15 bits per heavy atom. The van der Waals surface area contributed by atoms with Gasteiger partial charge in [-0.05, 0) is 31.4 Å². The fraction of sp³-hybridized carbons (Fsp3) is 0.389. The lowest BCUT2D eigenvalue weighted by atomic mass is 9.95. The first kappa shape index (κ1) is 17.0. The number of nitrogens with zero attached hydrogens (tertiary/aromatic N) is 4. The van der Waals surface area contributed by atoms with E-state index >= 15 is 0 Å². The average Bonchev–Trinajstić information content (AvgIpc) is 3.07. The summed E-state index contributed by atoms with van der Waals surface area (Å²) in [7, 11) is -3.01. The zero-order valence-corrected chi connectivity index (χ0v) is 15.4. The SMILES string of the molecule is CS(=O)(=O)C1CCCC(Nc2ncnc3c2cnn3-c2ccccc2)C1. The highest BCUT2D eigenvalue weighted by Gasteiger charge is 2.29. The molecule has 1 aromatic carbocycles. The maximum atomic E-state index is 11.9. The molecule has 2 atom stereocenters. The number of aromatic nitrogens is 4. The van der Waals surface area contributed by atoms with Crippen LogP contribution in [0.15, 0.2) is 42.9 Å². The fourth-order valence-electron chi connectivity index (χ4n) is 3.58. The first-order valence-corrected chi connectivity index (χ1v) is 10.7. The van der Waals surface area contributed by atoms with Crippen LogP contribution in [0.4, 0.5) is 5.82 Å². The fourth-order valence-corrected chi connectivity index (χ4v) is 4.75. The van der Waals surface area contributed by atoms with Crippen LogP contribution in [0.2, 0.25) is 0 Å². The zero-order valence-electron chi connectivity index (χ0n) is 14.5. The van der Waals surface area contributed by atoms with E-state index in [1.807, 2.05) is 30.3 Å². The van der Waals surface area contributed by atoms with Crippen LogP contribution < -0.4 is 5.32 Å². The molecule has 1 aliphatic rings. The van der Waals surface area contributed by atoms with Crippen LogP contribution in [0.25, 0.3) is 16.7 Å². The van der Waals surface area contributed by atoms with Gasteiger partial charge in [0.1, 0.15) is 22.0 Å². The highest BCUT2D eigenvalue weighted by molar-refractivity contribution is 7.91. The molecule has 26 heavy (non-hydrogen) atoms. The molecule has 2 heterocycles. The summed E-state index contributed by atoms with van der Waals surface area (Å²) in [5.74, 6) is 0.705.